The van der Waals surface area contributed by atoms with E-state index in [0.717, 1.165) is 32.5 Å². The van der Waals surface area contributed by atoms with Gasteiger partial charge in [-0.15, -0.1) is 0 Å². The van der Waals surface area contributed by atoms with Crippen LogP contribution in [0.4, 0.5) is 10.1 Å². The number of benzene rings is 1. The number of amides is 1. The van der Waals surface area contributed by atoms with Crippen molar-refractivity contribution in [3.8, 4) is 5.75 Å². The lowest BCUT2D eigenvalue weighted by Crippen LogP contribution is -2.45. The van der Waals surface area contributed by atoms with E-state index in [1.165, 1.54) is 102 Å². The molecule has 10 heteroatoms. The lowest BCUT2D eigenvalue weighted by Gasteiger charge is -2.33. The number of piperidine rings is 1. The molecule has 0 saturated carbocycles. The Balaban J connectivity index is 1.27. The highest BCUT2D eigenvalue weighted by molar-refractivity contribution is 7.92. The highest BCUT2D eigenvalue weighted by atomic mass is 32.2. The summed E-state index contributed by atoms with van der Waals surface area (Å²) in [4.78, 5) is 14.0. The first kappa shape index (κ1) is 32.6. The number of hydrogen-bond donors (Lipinski definition) is 3. The smallest absolute Gasteiger partial charge is 0.326 e. The number of carbonyl (C=O) groups excluding carboxylic acids is 1. The standard InChI is InChI=1S/C30H51FN4O4S/c1-2-3-4-5-6-7-8-9-10-11-12-13-14-15-18-34-19-16-17-26(23-34)32-22-25-20-27(31)30(28(36)21-25)35-24-29(37)33-40(35,38)39/h20-21,26,32,36H,2-19,22-24H2,1H3,(H,33,37)/t26-/m0/s1. The Morgan fingerprint density at radius 2 is 1.57 bits per heavy atom. The Morgan fingerprint density at radius 1 is 0.975 bits per heavy atom. The predicted molar refractivity (Wildman–Crippen MR) is 159 cm³/mol. The van der Waals surface area contributed by atoms with E-state index in [9.17, 15) is 22.7 Å². The summed E-state index contributed by atoms with van der Waals surface area (Å²) in [5.74, 6) is -2.14. The zero-order valence-corrected chi connectivity index (χ0v) is 25.3. The zero-order valence-electron chi connectivity index (χ0n) is 24.4. The topological polar surface area (TPSA) is 102 Å². The minimum absolute atomic E-state index is 0.283. The molecule has 0 bridgehead atoms. The average Bonchev–Trinajstić information content (AvgIpc) is 3.18. The van der Waals surface area contributed by atoms with Crippen LogP contribution in [0.25, 0.3) is 0 Å². The van der Waals surface area contributed by atoms with Crippen LogP contribution in [-0.2, 0) is 21.5 Å². The van der Waals surface area contributed by atoms with E-state index in [0.29, 0.717) is 16.4 Å². The summed E-state index contributed by atoms with van der Waals surface area (Å²) < 4.78 is 41.2. The Kier molecular flexibility index (Phi) is 14.0. The first-order valence-corrected chi connectivity index (χ1v) is 17.0. The zero-order chi connectivity index (χ0) is 28.8. The summed E-state index contributed by atoms with van der Waals surface area (Å²) in [7, 11) is -4.19. The quantitative estimate of drug-likeness (QED) is 0.180. The van der Waals surface area contributed by atoms with Gasteiger partial charge in [0.25, 0.3) is 5.91 Å². The van der Waals surface area contributed by atoms with E-state index in [1.807, 2.05) is 0 Å². The summed E-state index contributed by atoms with van der Waals surface area (Å²) in [6.45, 7) is 5.25. The molecule has 2 heterocycles. The van der Waals surface area contributed by atoms with Gasteiger partial charge < -0.3 is 15.3 Å². The number of hydrogen-bond acceptors (Lipinski definition) is 6. The van der Waals surface area contributed by atoms with Gasteiger partial charge in [-0.2, -0.15) is 8.42 Å². The third kappa shape index (κ3) is 10.8. The van der Waals surface area contributed by atoms with Gasteiger partial charge in [-0.3, -0.25) is 4.79 Å². The van der Waals surface area contributed by atoms with Gasteiger partial charge in [0.15, 0.2) is 5.82 Å². The summed E-state index contributed by atoms with van der Waals surface area (Å²) >= 11 is 0. The minimum Gasteiger partial charge on any atom is -0.506 e. The Hall–Kier alpha value is -1.91. The van der Waals surface area contributed by atoms with Gasteiger partial charge in [0.1, 0.15) is 18.0 Å². The molecular formula is C30H51FN4O4S. The number of anilines is 1. The molecule has 0 unspecified atom stereocenters. The summed E-state index contributed by atoms with van der Waals surface area (Å²) in [6, 6.07) is 2.86. The Morgan fingerprint density at radius 3 is 2.12 bits per heavy atom. The highest BCUT2D eigenvalue weighted by Crippen LogP contribution is 2.34. The van der Waals surface area contributed by atoms with Gasteiger partial charge in [-0.05, 0) is 50.0 Å². The maximum Gasteiger partial charge on any atom is 0.326 e. The molecule has 40 heavy (non-hydrogen) atoms. The number of nitrogens with one attached hydrogen (secondary N) is 2. The molecule has 0 spiro atoms. The first-order valence-electron chi connectivity index (χ1n) is 15.6. The molecular weight excluding hydrogens is 531 g/mol. The van der Waals surface area contributed by atoms with Crippen LogP contribution in [0.5, 0.6) is 5.75 Å². The highest BCUT2D eigenvalue weighted by Gasteiger charge is 2.37. The monoisotopic (exact) mass is 582 g/mol. The fourth-order valence-corrected chi connectivity index (χ4v) is 7.02. The number of likely N-dealkylation sites (tertiary alicyclic amines) is 1. The van der Waals surface area contributed by atoms with Crippen molar-refractivity contribution in [2.24, 2.45) is 0 Å². The molecule has 2 saturated heterocycles. The third-order valence-corrected chi connectivity index (χ3v) is 9.48. The van der Waals surface area contributed by atoms with Crippen LogP contribution in [0.15, 0.2) is 12.1 Å². The number of halogens is 1. The van der Waals surface area contributed by atoms with Gasteiger partial charge in [0.2, 0.25) is 0 Å². The molecule has 0 radical (unpaired) electrons. The summed E-state index contributed by atoms with van der Waals surface area (Å²) in [5.41, 5.74) is 0.0258. The molecule has 8 nitrogen and oxygen atoms in total. The van der Waals surface area contributed by atoms with Crippen LogP contribution >= 0.6 is 0 Å². The van der Waals surface area contributed by atoms with Crippen molar-refractivity contribution in [2.45, 2.75) is 122 Å². The van der Waals surface area contributed by atoms with Gasteiger partial charge in [0.05, 0.1) is 0 Å². The van der Waals surface area contributed by atoms with Crippen LogP contribution in [0, 0.1) is 5.82 Å². The lowest BCUT2D eigenvalue weighted by molar-refractivity contribution is -0.117. The van der Waals surface area contributed by atoms with Gasteiger partial charge in [-0.1, -0.05) is 90.4 Å². The average molecular weight is 583 g/mol. The number of phenolic OH excluding ortho intramolecular Hbond substituents is 1. The molecule has 0 aromatic heterocycles. The molecule has 228 valence electrons. The minimum atomic E-state index is -4.19. The fraction of sp³-hybridized carbons (Fsp3) is 0.767. The van der Waals surface area contributed by atoms with Gasteiger partial charge >= 0.3 is 10.2 Å². The van der Waals surface area contributed by atoms with Gasteiger partial charge in [-0.25, -0.2) is 13.4 Å². The van der Waals surface area contributed by atoms with Crippen molar-refractivity contribution < 1.29 is 22.7 Å². The number of aromatic hydroxyl groups is 1. The second-order valence-electron chi connectivity index (χ2n) is 11.6. The van der Waals surface area contributed by atoms with Gasteiger partial charge in [0, 0.05) is 19.1 Å². The van der Waals surface area contributed by atoms with Crippen molar-refractivity contribution in [1.29, 1.82) is 0 Å². The van der Waals surface area contributed by atoms with Crippen LogP contribution in [0.1, 0.15) is 115 Å². The van der Waals surface area contributed by atoms with Crippen molar-refractivity contribution in [3.05, 3.63) is 23.5 Å². The van der Waals surface area contributed by atoms with E-state index in [4.69, 9.17) is 0 Å². The normalized spacial score (nSPS) is 19.3. The molecule has 3 rings (SSSR count). The Bertz CT molecular complexity index is 1000. The number of carbonyl (C=O) groups is 1. The van der Waals surface area contributed by atoms with Crippen LogP contribution in [-0.4, -0.2) is 56.6 Å². The lowest BCUT2D eigenvalue weighted by atomic mass is 10.0. The molecule has 1 aromatic carbocycles. The molecule has 0 aliphatic carbocycles. The second kappa shape index (κ2) is 17.1. The largest absolute Gasteiger partial charge is 0.506 e. The molecule has 2 aliphatic heterocycles. The Labute approximate surface area is 241 Å². The number of phenols is 1. The summed E-state index contributed by atoms with van der Waals surface area (Å²) in [6.07, 6.45) is 21.2. The van der Waals surface area contributed by atoms with E-state index in [-0.39, 0.29) is 6.04 Å². The molecule has 1 atom stereocenters. The summed E-state index contributed by atoms with van der Waals surface area (Å²) in [5, 5.41) is 13.8. The van der Waals surface area contributed by atoms with Crippen molar-refractivity contribution >= 4 is 21.8 Å². The van der Waals surface area contributed by atoms with Crippen LogP contribution in [0.3, 0.4) is 0 Å². The number of unbranched alkanes of at least 4 members (excludes halogenated alkanes) is 13. The van der Waals surface area contributed by atoms with Crippen molar-refractivity contribution in [3.63, 3.8) is 0 Å². The van der Waals surface area contributed by atoms with Crippen molar-refractivity contribution in [1.82, 2.24) is 14.9 Å². The molecule has 1 amide bonds. The third-order valence-electron chi connectivity index (χ3n) is 8.10. The number of nitrogens with zero attached hydrogens (tertiary/aromatic N) is 2. The SMILES string of the molecule is CCCCCCCCCCCCCCCCN1CCC[C@H](NCc2cc(O)c(N3CC(=O)NS3(=O)=O)c(F)c2)C1. The first-order chi connectivity index (χ1) is 19.3. The molecule has 2 fully saturated rings. The van der Waals surface area contributed by atoms with E-state index in [2.05, 4.69) is 17.1 Å². The number of rotatable bonds is 19. The van der Waals surface area contributed by atoms with E-state index >= 15 is 0 Å². The van der Waals surface area contributed by atoms with E-state index in [1.54, 1.807) is 4.72 Å². The van der Waals surface area contributed by atoms with E-state index < -0.39 is 39.9 Å². The molecule has 3 N–H and O–H groups in total. The maximum atomic E-state index is 14.8. The van der Waals surface area contributed by atoms with Crippen LogP contribution in [0.2, 0.25) is 0 Å². The molecule has 2 aliphatic rings. The van der Waals surface area contributed by atoms with Crippen molar-refractivity contribution in [2.75, 3.05) is 30.5 Å². The maximum absolute atomic E-state index is 14.8. The van der Waals surface area contributed by atoms with Crippen LogP contribution < -0.4 is 14.3 Å². The molecule has 1 aromatic rings. The predicted octanol–water partition coefficient (Wildman–Crippen LogP) is 5.75. The fourth-order valence-electron chi connectivity index (χ4n) is 5.85. The second-order valence-corrected chi connectivity index (χ2v) is 13.2.